The van der Waals surface area contributed by atoms with E-state index in [1.165, 1.54) is 37.5 Å². The third-order valence-electron chi connectivity index (χ3n) is 3.77. The summed E-state index contributed by atoms with van der Waals surface area (Å²) in [5.41, 5.74) is 0. The van der Waals surface area contributed by atoms with Crippen molar-refractivity contribution in [2.45, 2.75) is 33.7 Å². The molecular weight excluding hydrogens is 266 g/mol. The molecule has 0 spiro atoms. The highest BCUT2D eigenvalue weighted by atomic mass is 32.1. The second-order valence-corrected chi connectivity index (χ2v) is 6.10. The predicted octanol–water partition coefficient (Wildman–Crippen LogP) is 2.89. The zero-order valence-electron chi connectivity index (χ0n) is 13.4. The van der Waals surface area contributed by atoms with Crippen molar-refractivity contribution in [2.24, 2.45) is 0 Å². The smallest absolute Gasteiger partial charge is 0.0300 e. The second kappa shape index (κ2) is 11.3. The minimum absolute atomic E-state index is 1.01. The quantitative estimate of drug-likeness (QED) is 0.599. The summed E-state index contributed by atoms with van der Waals surface area (Å²) in [5.74, 6) is 0. The van der Waals surface area contributed by atoms with Gasteiger partial charge in [0.2, 0.25) is 0 Å². The van der Waals surface area contributed by atoms with E-state index in [9.17, 15) is 0 Å². The van der Waals surface area contributed by atoms with E-state index in [4.69, 9.17) is 0 Å². The predicted molar refractivity (Wildman–Crippen MR) is 90.5 cm³/mol. The molecule has 3 nitrogen and oxygen atoms in total. The van der Waals surface area contributed by atoms with Crippen LogP contribution in [0.25, 0.3) is 0 Å². The molecular formula is C16H31N3S. The van der Waals surface area contributed by atoms with Crippen LogP contribution in [0, 0.1) is 0 Å². The van der Waals surface area contributed by atoms with Crippen LogP contribution in [0.1, 0.15) is 32.1 Å². The Morgan fingerprint density at radius 1 is 1.00 bits per heavy atom. The topological polar surface area (TPSA) is 18.5 Å². The number of thiophene rings is 1. The van der Waals surface area contributed by atoms with E-state index in [-0.39, 0.29) is 0 Å². The molecule has 0 bridgehead atoms. The number of nitrogens with one attached hydrogen (secondary N) is 1. The number of hydrogen-bond donors (Lipinski definition) is 1. The Morgan fingerprint density at radius 2 is 1.70 bits per heavy atom. The van der Waals surface area contributed by atoms with Crippen molar-refractivity contribution in [3.05, 3.63) is 22.4 Å². The normalized spacial score (nSPS) is 11.7. The molecule has 116 valence electrons. The minimum Gasteiger partial charge on any atom is -0.311 e. The number of nitrogens with zero attached hydrogens (tertiary/aromatic N) is 2. The SMILES string of the molecule is CCN(CC)CCCN(CC)CCNCc1cccs1. The molecule has 0 fully saturated rings. The molecule has 0 saturated carbocycles. The van der Waals surface area contributed by atoms with Gasteiger partial charge in [-0.2, -0.15) is 0 Å². The van der Waals surface area contributed by atoms with E-state index in [0.29, 0.717) is 0 Å². The lowest BCUT2D eigenvalue weighted by molar-refractivity contribution is 0.243. The van der Waals surface area contributed by atoms with Crippen LogP contribution in [0.4, 0.5) is 0 Å². The lowest BCUT2D eigenvalue weighted by Gasteiger charge is -2.23. The zero-order valence-corrected chi connectivity index (χ0v) is 14.2. The average Bonchev–Trinajstić information content (AvgIpc) is 2.99. The van der Waals surface area contributed by atoms with Crippen molar-refractivity contribution >= 4 is 11.3 Å². The molecule has 0 saturated heterocycles. The molecule has 1 aromatic heterocycles. The van der Waals surface area contributed by atoms with Crippen LogP contribution in [0.2, 0.25) is 0 Å². The number of rotatable bonds is 12. The molecule has 0 aromatic carbocycles. The van der Waals surface area contributed by atoms with E-state index in [2.05, 4.69) is 53.4 Å². The first-order chi connectivity index (χ1) is 9.80. The van der Waals surface area contributed by atoms with Gasteiger partial charge in [0.1, 0.15) is 0 Å². The van der Waals surface area contributed by atoms with Crippen LogP contribution >= 0.6 is 11.3 Å². The molecule has 1 heterocycles. The molecule has 20 heavy (non-hydrogen) atoms. The van der Waals surface area contributed by atoms with Crippen LogP contribution in [-0.2, 0) is 6.54 Å². The van der Waals surface area contributed by atoms with Crippen LogP contribution in [0.5, 0.6) is 0 Å². The lowest BCUT2D eigenvalue weighted by atomic mass is 10.3. The standard InChI is InChI=1S/C16H31N3S/c1-4-18(5-2)11-8-12-19(6-3)13-10-17-15-16-9-7-14-20-16/h7,9,14,17H,4-6,8,10-13,15H2,1-3H3. The van der Waals surface area contributed by atoms with Crippen molar-refractivity contribution in [2.75, 3.05) is 45.8 Å². The van der Waals surface area contributed by atoms with Crippen molar-refractivity contribution < 1.29 is 0 Å². The Kier molecular flexibility index (Phi) is 9.93. The summed E-state index contributed by atoms with van der Waals surface area (Å²) in [6.45, 7) is 15.9. The van der Waals surface area contributed by atoms with Gasteiger partial charge in [0, 0.05) is 24.5 Å². The van der Waals surface area contributed by atoms with Crippen molar-refractivity contribution in [3.63, 3.8) is 0 Å². The number of hydrogen-bond acceptors (Lipinski definition) is 4. The Balaban J connectivity index is 2.06. The van der Waals surface area contributed by atoms with Crippen molar-refractivity contribution in [3.8, 4) is 0 Å². The molecule has 0 aliphatic heterocycles. The largest absolute Gasteiger partial charge is 0.311 e. The maximum atomic E-state index is 3.53. The van der Waals surface area contributed by atoms with Gasteiger partial charge in [-0.1, -0.05) is 26.8 Å². The van der Waals surface area contributed by atoms with Gasteiger partial charge in [0.25, 0.3) is 0 Å². The highest BCUT2D eigenvalue weighted by Gasteiger charge is 2.04. The monoisotopic (exact) mass is 297 g/mol. The molecule has 0 unspecified atom stereocenters. The van der Waals surface area contributed by atoms with Gasteiger partial charge in [-0.15, -0.1) is 11.3 Å². The zero-order chi connectivity index (χ0) is 14.6. The van der Waals surface area contributed by atoms with E-state index >= 15 is 0 Å². The molecule has 0 aliphatic carbocycles. The summed E-state index contributed by atoms with van der Waals surface area (Å²) >= 11 is 1.83. The van der Waals surface area contributed by atoms with E-state index < -0.39 is 0 Å². The highest BCUT2D eigenvalue weighted by Crippen LogP contribution is 2.07. The first kappa shape index (κ1) is 17.6. The number of likely N-dealkylation sites (N-methyl/N-ethyl adjacent to an activating group) is 1. The van der Waals surface area contributed by atoms with E-state index in [1.54, 1.807) is 0 Å². The maximum Gasteiger partial charge on any atom is 0.0300 e. The van der Waals surface area contributed by atoms with Gasteiger partial charge in [-0.25, -0.2) is 0 Å². The van der Waals surface area contributed by atoms with Crippen LogP contribution in [0.15, 0.2) is 17.5 Å². The van der Waals surface area contributed by atoms with Gasteiger partial charge in [0.15, 0.2) is 0 Å². The van der Waals surface area contributed by atoms with Crippen LogP contribution < -0.4 is 5.32 Å². The Hall–Kier alpha value is -0.420. The molecule has 4 heteroatoms. The van der Waals surface area contributed by atoms with Gasteiger partial charge in [-0.05, 0) is 50.6 Å². The molecule has 0 radical (unpaired) electrons. The van der Waals surface area contributed by atoms with Gasteiger partial charge >= 0.3 is 0 Å². The summed E-state index contributed by atoms with van der Waals surface area (Å²) < 4.78 is 0. The first-order valence-corrected chi connectivity index (χ1v) is 8.85. The molecule has 0 amide bonds. The lowest BCUT2D eigenvalue weighted by Crippen LogP contribution is -2.34. The Labute approximate surface area is 129 Å². The minimum atomic E-state index is 1.01. The Morgan fingerprint density at radius 3 is 2.30 bits per heavy atom. The van der Waals surface area contributed by atoms with Crippen molar-refractivity contribution in [1.82, 2.24) is 15.1 Å². The summed E-state index contributed by atoms with van der Waals surface area (Å²) in [5, 5.41) is 5.67. The highest BCUT2D eigenvalue weighted by molar-refractivity contribution is 7.09. The molecule has 1 N–H and O–H groups in total. The van der Waals surface area contributed by atoms with Gasteiger partial charge in [0.05, 0.1) is 0 Å². The molecule has 1 aromatic rings. The maximum absolute atomic E-state index is 3.53. The van der Waals surface area contributed by atoms with Gasteiger partial charge < -0.3 is 15.1 Å². The summed E-state index contributed by atoms with van der Waals surface area (Å²) in [7, 11) is 0. The van der Waals surface area contributed by atoms with Crippen LogP contribution in [0.3, 0.4) is 0 Å². The average molecular weight is 298 g/mol. The van der Waals surface area contributed by atoms with Crippen LogP contribution in [-0.4, -0.2) is 55.6 Å². The fourth-order valence-corrected chi connectivity index (χ4v) is 3.02. The third-order valence-corrected chi connectivity index (χ3v) is 4.65. The van der Waals surface area contributed by atoms with Gasteiger partial charge in [-0.3, -0.25) is 0 Å². The van der Waals surface area contributed by atoms with E-state index in [1.807, 2.05) is 11.3 Å². The molecule has 1 rings (SSSR count). The Bertz CT molecular complexity index is 310. The fraction of sp³-hybridized carbons (Fsp3) is 0.750. The first-order valence-electron chi connectivity index (χ1n) is 7.97. The summed E-state index contributed by atoms with van der Waals surface area (Å²) in [4.78, 5) is 6.47. The summed E-state index contributed by atoms with van der Waals surface area (Å²) in [6.07, 6.45) is 1.28. The molecule has 0 atom stereocenters. The second-order valence-electron chi connectivity index (χ2n) is 5.07. The summed E-state index contributed by atoms with van der Waals surface area (Å²) in [6, 6.07) is 4.31. The third kappa shape index (κ3) is 7.39. The van der Waals surface area contributed by atoms with E-state index in [0.717, 1.165) is 26.2 Å². The molecule has 0 aliphatic rings. The van der Waals surface area contributed by atoms with Crippen molar-refractivity contribution in [1.29, 1.82) is 0 Å². The fourth-order valence-electron chi connectivity index (χ4n) is 2.35.